The molecular formula is C13H13BrN2O5. The van der Waals surface area contributed by atoms with Crippen LogP contribution in [-0.4, -0.2) is 21.9 Å². The molecule has 0 spiro atoms. The first-order valence-corrected chi connectivity index (χ1v) is 7.15. The topological polar surface area (TPSA) is 110 Å². The predicted octanol–water partition coefficient (Wildman–Crippen LogP) is 2.80. The Kier molecular flexibility index (Phi) is 4.56. The van der Waals surface area contributed by atoms with Crippen molar-refractivity contribution in [2.75, 3.05) is 5.32 Å². The highest BCUT2D eigenvalue weighted by Gasteiger charge is 2.33. The third-order valence-corrected chi connectivity index (χ3v) is 4.23. The summed E-state index contributed by atoms with van der Waals surface area (Å²) in [7, 11) is 0. The smallest absolute Gasteiger partial charge is 0.306 e. The molecule has 1 aromatic rings. The van der Waals surface area contributed by atoms with Crippen LogP contribution in [0.2, 0.25) is 0 Å². The first kappa shape index (κ1) is 15.4. The minimum absolute atomic E-state index is 0.136. The number of rotatable bonds is 4. The van der Waals surface area contributed by atoms with Gasteiger partial charge in [0.05, 0.1) is 15.3 Å². The number of hydrogen-bond acceptors (Lipinski definition) is 4. The Balaban J connectivity index is 2.05. The standard InChI is InChI=1S/C13H13BrN2O5/c14-10-4-3-9(6-11(10)16(20)21)15-12(17)7-1-2-8(5-7)13(18)19/h3-4,6-8H,1-2,5H2,(H,15,17)(H,18,19). The summed E-state index contributed by atoms with van der Waals surface area (Å²) in [6.45, 7) is 0. The number of aliphatic carboxylic acids is 1. The molecule has 21 heavy (non-hydrogen) atoms. The third-order valence-electron chi connectivity index (χ3n) is 3.56. The van der Waals surface area contributed by atoms with Crippen molar-refractivity contribution in [3.8, 4) is 0 Å². The van der Waals surface area contributed by atoms with Crippen LogP contribution in [0.4, 0.5) is 11.4 Å². The Morgan fingerprint density at radius 3 is 2.57 bits per heavy atom. The fourth-order valence-electron chi connectivity index (χ4n) is 2.42. The quantitative estimate of drug-likeness (QED) is 0.636. The van der Waals surface area contributed by atoms with Gasteiger partial charge in [-0.3, -0.25) is 19.7 Å². The van der Waals surface area contributed by atoms with Gasteiger partial charge in [0, 0.05) is 17.7 Å². The number of carbonyl (C=O) groups excluding carboxylic acids is 1. The highest BCUT2D eigenvalue weighted by atomic mass is 79.9. The fourth-order valence-corrected chi connectivity index (χ4v) is 2.81. The van der Waals surface area contributed by atoms with Crippen LogP contribution < -0.4 is 5.32 Å². The number of amides is 1. The van der Waals surface area contributed by atoms with Crippen LogP contribution in [-0.2, 0) is 9.59 Å². The number of halogens is 1. The first-order valence-electron chi connectivity index (χ1n) is 6.36. The van der Waals surface area contributed by atoms with Gasteiger partial charge in [-0.05, 0) is 47.3 Å². The van der Waals surface area contributed by atoms with Crippen LogP contribution in [0.25, 0.3) is 0 Å². The Labute approximate surface area is 128 Å². The molecule has 7 nitrogen and oxygen atoms in total. The number of benzene rings is 1. The van der Waals surface area contributed by atoms with Crippen molar-refractivity contribution in [3.63, 3.8) is 0 Å². The molecule has 1 amide bonds. The first-order chi connectivity index (χ1) is 9.88. The molecule has 0 aliphatic heterocycles. The van der Waals surface area contributed by atoms with Crippen molar-refractivity contribution in [1.29, 1.82) is 0 Å². The van der Waals surface area contributed by atoms with E-state index in [0.717, 1.165) is 0 Å². The van der Waals surface area contributed by atoms with Crippen molar-refractivity contribution in [2.45, 2.75) is 19.3 Å². The highest BCUT2D eigenvalue weighted by Crippen LogP contribution is 2.33. The molecule has 0 aromatic heterocycles. The van der Waals surface area contributed by atoms with Crippen LogP contribution in [0.3, 0.4) is 0 Å². The van der Waals surface area contributed by atoms with Crippen molar-refractivity contribution in [2.24, 2.45) is 11.8 Å². The van der Waals surface area contributed by atoms with E-state index in [1.54, 1.807) is 6.07 Å². The van der Waals surface area contributed by atoms with Crippen molar-refractivity contribution < 1.29 is 19.6 Å². The number of anilines is 1. The van der Waals surface area contributed by atoms with Crippen molar-refractivity contribution >= 4 is 39.2 Å². The second kappa shape index (κ2) is 6.21. The molecule has 1 aliphatic rings. The molecule has 0 saturated heterocycles. The Morgan fingerprint density at radius 2 is 2.00 bits per heavy atom. The van der Waals surface area contributed by atoms with Crippen LogP contribution in [0.5, 0.6) is 0 Å². The third kappa shape index (κ3) is 3.57. The van der Waals surface area contributed by atoms with Crippen LogP contribution in [0.15, 0.2) is 22.7 Å². The van der Waals surface area contributed by atoms with E-state index in [1.807, 2.05) is 0 Å². The van der Waals surface area contributed by atoms with Gasteiger partial charge < -0.3 is 10.4 Å². The normalized spacial score (nSPS) is 21.0. The molecule has 2 rings (SSSR count). The summed E-state index contributed by atoms with van der Waals surface area (Å²) in [5.41, 5.74) is 0.191. The highest BCUT2D eigenvalue weighted by molar-refractivity contribution is 9.10. The molecule has 112 valence electrons. The molecule has 1 fully saturated rings. The Hall–Kier alpha value is -1.96. The number of nitrogens with one attached hydrogen (secondary N) is 1. The summed E-state index contributed by atoms with van der Waals surface area (Å²) >= 11 is 3.07. The van der Waals surface area contributed by atoms with Gasteiger partial charge in [-0.2, -0.15) is 0 Å². The van der Waals surface area contributed by atoms with E-state index in [-0.39, 0.29) is 17.5 Å². The maximum Gasteiger partial charge on any atom is 0.306 e. The number of nitro benzene ring substituents is 1. The average Bonchev–Trinajstić information content (AvgIpc) is 2.90. The summed E-state index contributed by atoms with van der Waals surface area (Å²) in [4.78, 5) is 33.2. The van der Waals surface area contributed by atoms with Crippen LogP contribution >= 0.6 is 15.9 Å². The summed E-state index contributed by atoms with van der Waals surface area (Å²) in [6, 6.07) is 4.31. The average molecular weight is 357 g/mol. The lowest BCUT2D eigenvalue weighted by Gasteiger charge is -2.11. The summed E-state index contributed by atoms with van der Waals surface area (Å²) in [6.07, 6.45) is 1.30. The maximum atomic E-state index is 12.1. The van der Waals surface area contributed by atoms with Gasteiger partial charge in [0.25, 0.3) is 5.69 Å². The molecule has 1 aromatic carbocycles. The summed E-state index contributed by atoms with van der Waals surface area (Å²) < 4.78 is 0.331. The number of carboxylic acids is 1. The van der Waals surface area contributed by atoms with E-state index < -0.39 is 16.8 Å². The SMILES string of the molecule is O=C(O)C1CCC(C(=O)Nc2ccc(Br)c([N+](=O)[O-])c2)C1. The van der Waals surface area contributed by atoms with E-state index in [9.17, 15) is 19.7 Å². The van der Waals surface area contributed by atoms with Gasteiger partial charge >= 0.3 is 5.97 Å². The molecular weight excluding hydrogens is 344 g/mol. The van der Waals surface area contributed by atoms with E-state index in [1.165, 1.54) is 12.1 Å². The van der Waals surface area contributed by atoms with E-state index >= 15 is 0 Å². The number of nitro groups is 1. The molecule has 1 aliphatic carbocycles. The van der Waals surface area contributed by atoms with E-state index in [0.29, 0.717) is 29.4 Å². The zero-order valence-corrected chi connectivity index (χ0v) is 12.5. The van der Waals surface area contributed by atoms with Crippen molar-refractivity contribution in [3.05, 3.63) is 32.8 Å². The molecule has 2 N–H and O–H groups in total. The maximum absolute atomic E-state index is 12.1. The summed E-state index contributed by atoms with van der Waals surface area (Å²) in [5, 5.41) is 22.4. The zero-order valence-electron chi connectivity index (χ0n) is 10.9. The second-order valence-corrected chi connectivity index (χ2v) is 5.81. The number of carboxylic acid groups (broad SMARTS) is 1. The minimum atomic E-state index is -0.885. The molecule has 2 unspecified atom stereocenters. The molecule has 0 radical (unpaired) electrons. The predicted molar refractivity (Wildman–Crippen MR) is 77.9 cm³/mol. The van der Waals surface area contributed by atoms with Gasteiger partial charge in [0.15, 0.2) is 0 Å². The lowest BCUT2D eigenvalue weighted by molar-refractivity contribution is -0.385. The van der Waals surface area contributed by atoms with Crippen molar-refractivity contribution in [1.82, 2.24) is 0 Å². The molecule has 2 atom stereocenters. The van der Waals surface area contributed by atoms with E-state index in [4.69, 9.17) is 5.11 Å². The molecule has 0 heterocycles. The zero-order chi connectivity index (χ0) is 15.6. The second-order valence-electron chi connectivity index (χ2n) is 4.96. The largest absolute Gasteiger partial charge is 0.481 e. The van der Waals surface area contributed by atoms with Gasteiger partial charge in [0.1, 0.15) is 0 Å². The van der Waals surface area contributed by atoms with Gasteiger partial charge in [-0.25, -0.2) is 0 Å². The fraction of sp³-hybridized carbons (Fsp3) is 0.385. The minimum Gasteiger partial charge on any atom is -0.481 e. The number of carbonyl (C=O) groups is 2. The molecule has 8 heteroatoms. The van der Waals surface area contributed by atoms with E-state index in [2.05, 4.69) is 21.2 Å². The van der Waals surface area contributed by atoms with Gasteiger partial charge in [-0.1, -0.05) is 0 Å². The monoisotopic (exact) mass is 356 g/mol. The molecule has 0 bridgehead atoms. The number of nitrogens with zero attached hydrogens (tertiary/aromatic N) is 1. The lowest BCUT2D eigenvalue weighted by Crippen LogP contribution is -2.21. The number of hydrogen-bond donors (Lipinski definition) is 2. The van der Waals surface area contributed by atoms with Gasteiger partial charge in [0.2, 0.25) is 5.91 Å². The van der Waals surface area contributed by atoms with Crippen LogP contribution in [0, 0.1) is 22.0 Å². The molecule has 1 saturated carbocycles. The summed E-state index contributed by atoms with van der Waals surface area (Å²) in [5.74, 6) is -2.03. The van der Waals surface area contributed by atoms with Gasteiger partial charge in [-0.15, -0.1) is 0 Å². The Morgan fingerprint density at radius 1 is 1.33 bits per heavy atom. The lowest BCUT2D eigenvalue weighted by atomic mass is 10.0. The van der Waals surface area contributed by atoms with Crippen LogP contribution in [0.1, 0.15) is 19.3 Å². The Bertz CT molecular complexity index is 604.